The number of rotatable bonds is 7. The lowest BCUT2D eigenvalue weighted by Crippen LogP contribution is -2.42. The van der Waals surface area contributed by atoms with Crippen LogP contribution in [0, 0.1) is 0 Å². The van der Waals surface area contributed by atoms with Crippen LogP contribution >= 0.6 is 0 Å². The smallest absolute Gasteiger partial charge is 0.408 e. The lowest BCUT2D eigenvalue weighted by Gasteiger charge is -2.26. The predicted molar refractivity (Wildman–Crippen MR) is 99.1 cm³/mol. The second kappa shape index (κ2) is 9.53. The number of amides is 1. The summed E-state index contributed by atoms with van der Waals surface area (Å²) in [7, 11) is 0. The van der Waals surface area contributed by atoms with Crippen LogP contribution in [-0.2, 0) is 25.7 Å². The zero-order chi connectivity index (χ0) is 18.2. The van der Waals surface area contributed by atoms with Gasteiger partial charge in [-0.3, -0.25) is 0 Å². The molecule has 1 atom stereocenters. The van der Waals surface area contributed by atoms with E-state index >= 15 is 0 Å². The van der Waals surface area contributed by atoms with Gasteiger partial charge in [0.05, 0.1) is 12.6 Å². The molecule has 6 nitrogen and oxygen atoms in total. The molecule has 0 radical (unpaired) electrons. The molecule has 0 aliphatic carbocycles. The van der Waals surface area contributed by atoms with Gasteiger partial charge in [-0.2, -0.15) is 4.18 Å². The maximum Gasteiger partial charge on any atom is 0.408 e. The summed E-state index contributed by atoms with van der Waals surface area (Å²) in [6, 6.07) is -0.0440. The highest BCUT2D eigenvalue weighted by Gasteiger charge is 2.22. The molecular weight excluding hydrogens is 328 g/mol. The fraction of sp³-hybridized carbons (Fsp3) is 0.824. The highest BCUT2D eigenvalue weighted by atomic mass is 32.2. The molecule has 0 saturated carbocycles. The Kier molecular flexibility index (Phi) is 8.39. The Hall–Kier alpha value is -0.920. The molecule has 2 N–H and O–H groups in total. The summed E-state index contributed by atoms with van der Waals surface area (Å²) in [5.74, 6) is 0.908. The first-order chi connectivity index (χ1) is 11.1. The van der Waals surface area contributed by atoms with E-state index < -0.39 is 11.7 Å². The first kappa shape index (κ1) is 21.1. The van der Waals surface area contributed by atoms with Gasteiger partial charge in [0.15, 0.2) is 0 Å². The Labute approximate surface area is 150 Å². The molecule has 1 heterocycles. The van der Waals surface area contributed by atoms with Crippen LogP contribution < -0.4 is 10.6 Å². The summed E-state index contributed by atoms with van der Waals surface area (Å²) in [5, 5.41) is 6.12. The van der Waals surface area contributed by atoms with Gasteiger partial charge in [0.2, 0.25) is 0 Å². The van der Waals surface area contributed by atoms with Gasteiger partial charge in [0.1, 0.15) is 41.4 Å². The van der Waals surface area contributed by atoms with E-state index in [4.69, 9.17) is 13.7 Å². The average Bonchev–Trinajstić information content (AvgIpc) is 2.41. The summed E-state index contributed by atoms with van der Waals surface area (Å²) in [6.07, 6.45) is 2.35. The van der Waals surface area contributed by atoms with Crippen molar-refractivity contribution in [1.82, 2.24) is 10.6 Å². The molecule has 0 unspecified atom stereocenters. The number of carbonyl (C=O) groups is 1. The van der Waals surface area contributed by atoms with Crippen molar-refractivity contribution in [2.45, 2.75) is 64.4 Å². The van der Waals surface area contributed by atoms with Crippen LogP contribution in [0.1, 0.15) is 48.0 Å². The highest BCUT2D eigenvalue weighted by Crippen LogP contribution is 2.12. The Balaban J connectivity index is 2.14. The molecule has 1 rings (SSSR count). The Morgan fingerprint density at radius 3 is 2.58 bits per heavy atom. The summed E-state index contributed by atoms with van der Waals surface area (Å²) in [4.78, 5) is 11.7. The average molecular weight is 362 g/mol. The lowest BCUT2D eigenvalue weighted by molar-refractivity contribution is 0.0461. The second-order valence-electron chi connectivity index (χ2n) is 7.83. The molecule has 0 spiro atoms. The zero-order valence-corrected chi connectivity index (χ0v) is 16.7. The summed E-state index contributed by atoms with van der Waals surface area (Å²) in [6.45, 7) is 14.6. The number of hydrogen-bond donors (Lipinski definition) is 2. The van der Waals surface area contributed by atoms with E-state index in [0.29, 0.717) is 19.8 Å². The predicted octanol–water partition coefficient (Wildman–Crippen LogP) is 2.32. The molecule has 0 aromatic rings. The van der Waals surface area contributed by atoms with Crippen LogP contribution in [0.2, 0.25) is 0 Å². The van der Waals surface area contributed by atoms with E-state index in [9.17, 15) is 4.79 Å². The fourth-order valence-corrected chi connectivity index (χ4v) is 2.44. The minimum absolute atomic E-state index is 0.0440. The zero-order valence-electron chi connectivity index (χ0n) is 15.8. The van der Waals surface area contributed by atoms with Gasteiger partial charge in [-0.1, -0.05) is 0 Å². The number of carbonyl (C=O) groups excluding carboxylic acids is 1. The maximum absolute atomic E-state index is 11.7. The van der Waals surface area contributed by atoms with Crippen molar-refractivity contribution in [3.63, 3.8) is 0 Å². The fourth-order valence-electron chi connectivity index (χ4n) is 1.88. The third-order valence-electron chi connectivity index (χ3n) is 2.83. The third-order valence-corrected chi connectivity index (χ3v) is 3.69. The van der Waals surface area contributed by atoms with Crippen molar-refractivity contribution in [3.8, 4) is 0 Å². The van der Waals surface area contributed by atoms with Gasteiger partial charge in [-0.05, 0) is 54.0 Å². The summed E-state index contributed by atoms with van der Waals surface area (Å²) >= 11 is 1.00. The molecule has 1 aliphatic heterocycles. The molecule has 1 aliphatic rings. The molecule has 0 aromatic carbocycles. The topological polar surface area (TPSA) is 68.8 Å². The minimum atomic E-state index is -0.487. The molecular formula is C17H33N2O4S+. The molecule has 0 saturated heterocycles. The quantitative estimate of drug-likeness (QED) is 0.414. The number of nitrogens with one attached hydrogen (secondary N) is 2. The number of ether oxygens (including phenoxy) is 2. The van der Waals surface area contributed by atoms with Crippen LogP contribution in [-0.4, -0.2) is 48.8 Å². The normalized spacial score (nSPS) is 18.6. The van der Waals surface area contributed by atoms with Gasteiger partial charge >= 0.3 is 6.09 Å². The Morgan fingerprint density at radius 1 is 1.33 bits per heavy atom. The van der Waals surface area contributed by atoms with Gasteiger partial charge in [-0.25, -0.2) is 4.79 Å². The molecule has 1 amide bonds. The van der Waals surface area contributed by atoms with E-state index in [0.717, 1.165) is 30.8 Å². The second-order valence-corrected chi connectivity index (χ2v) is 9.61. The number of hydrogen-bond acceptors (Lipinski definition) is 5. The molecule has 140 valence electrons. The standard InChI is InChI=1S/C17H32N2O4S/c1-16(2,3)23-15(20)19-13-7-8-14(21-12-13)11-18-9-10-22-24-17(4,5)6/h8,13,18H,7,9-12H2,1-6H3,(H,19,20)/p+1/t13-/m1/s1. The number of alkyl carbamates (subject to hydrolysis) is 1. The molecule has 0 aromatic heterocycles. The monoisotopic (exact) mass is 361 g/mol. The lowest BCUT2D eigenvalue weighted by atomic mass is 10.1. The van der Waals surface area contributed by atoms with Crippen molar-refractivity contribution in [3.05, 3.63) is 11.8 Å². The first-order valence-corrected chi connectivity index (χ1v) is 9.23. The third kappa shape index (κ3) is 10.8. The van der Waals surface area contributed by atoms with Gasteiger partial charge < -0.3 is 20.1 Å². The van der Waals surface area contributed by atoms with Gasteiger partial charge in [0, 0.05) is 6.54 Å². The van der Waals surface area contributed by atoms with Crippen molar-refractivity contribution >= 4 is 18.1 Å². The van der Waals surface area contributed by atoms with Gasteiger partial charge in [-0.15, -0.1) is 0 Å². The first-order valence-electron chi connectivity index (χ1n) is 8.41. The van der Waals surface area contributed by atoms with Crippen LogP contribution in [0.5, 0.6) is 0 Å². The van der Waals surface area contributed by atoms with E-state index in [1.54, 1.807) is 0 Å². The molecule has 7 heteroatoms. The van der Waals surface area contributed by atoms with Crippen molar-refractivity contribution in [1.29, 1.82) is 0 Å². The summed E-state index contributed by atoms with van der Waals surface area (Å²) < 4.78 is 16.7. The van der Waals surface area contributed by atoms with Crippen LogP contribution in [0.3, 0.4) is 0 Å². The Bertz CT molecular complexity index is 427. The summed E-state index contributed by atoms with van der Waals surface area (Å²) in [5.41, 5.74) is -0.487. The maximum atomic E-state index is 11.7. The number of thiol groups is 1. The Morgan fingerprint density at radius 2 is 2.04 bits per heavy atom. The van der Waals surface area contributed by atoms with Crippen LogP contribution in [0.4, 0.5) is 4.79 Å². The van der Waals surface area contributed by atoms with Crippen molar-refractivity contribution in [2.75, 3.05) is 26.3 Å². The highest BCUT2D eigenvalue weighted by molar-refractivity contribution is 7.75. The largest absolute Gasteiger partial charge is 0.495 e. The van der Waals surface area contributed by atoms with Crippen molar-refractivity contribution < 1.29 is 18.5 Å². The van der Waals surface area contributed by atoms with E-state index in [1.165, 1.54) is 0 Å². The van der Waals surface area contributed by atoms with Crippen molar-refractivity contribution in [2.24, 2.45) is 0 Å². The van der Waals surface area contributed by atoms with Gasteiger partial charge in [0.25, 0.3) is 0 Å². The molecule has 0 fully saturated rings. The minimum Gasteiger partial charge on any atom is -0.495 e. The molecule has 24 heavy (non-hydrogen) atoms. The van der Waals surface area contributed by atoms with Crippen LogP contribution in [0.25, 0.3) is 0 Å². The molecule has 0 bridgehead atoms. The SMILES string of the molecule is CC(C)(C)OC(=O)N[C@@H]1CC=C(CNCCO[SH+]C(C)(C)C)OC1. The van der Waals surface area contributed by atoms with E-state index in [2.05, 4.69) is 31.4 Å². The van der Waals surface area contributed by atoms with E-state index in [-0.39, 0.29) is 10.8 Å². The van der Waals surface area contributed by atoms with E-state index in [1.807, 2.05) is 26.8 Å². The van der Waals surface area contributed by atoms with Crippen LogP contribution in [0.15, 0.2) is 11.8 Å².